The molecule has 4 unspecified atom stereocenters. The highest BCUT2D eigenvalue weighted by Crippen LogP contribution is 2.73. The Bertz CT molecular complexity index is 1060. The smallest absolute Gasteiger partial charge is 0.254 e. The van der Waals surface area contributed by atoms with Gasteiger partial charge in [0, 0.05) is 5.56 Å². The van der Waals surface area contributed by atoms with E-state index in [9.17, 15) is 9.59 Å². The van der Waals surface area contributed by atoms with Crippen LogP contribution in [0.2, 0.25) is 0 Å². The molecule has 2 aromatic rings. The Labute approximate surface area is 162 Å². The minimum absolute atomic E-state index is 0.145. The molecule has 5 heteroatoms. The number of carbonyl (C=O) groups excluding carboxylic acids is 2. The summed E-state index contributed by atoms with van der Waals surface area (Å²) in [7, 11) is 1.61. The van der Waals surface area contributed by atoms with Gasteiger partial charge in [0.05, 0.1) is 25.2 Å². The molecule has 0 N–H and O–H groups in total. The maximum absolute atomic E-state index is 13.1. The first-order valence-corrected chi connectivity index (χ1v) is 9.81. The molecule has 28 heavy (non-hydrogen) atoms. The van der Waals surface area contributed by atoms with Crippen LogP contribution in [0.15, 0.2) is 53.7 Å². The number of benzene rings is 2. The van der Waals surface area contributed by atoms with Gasteiger partial charge in [-0.3, -0.25) is 9.59 Å². The molecule has 1 saturated heterocycles. The second kappa shape index (κ2) is 5.31. The molecule has 3 fully saturated rings. The van der Waals surface area contributed by atoms with Crippen LogP contribution in [0, 0.1) is 29.1 Å². The molecule has 2 saturated carbocycles. The van der Waals surface area contributed by atoms with Crippen LogP contribution in [0.25, 0.3) is 10.8 Å². The molecule has 4 aliphatic rings. The van der Waals surface area contributed by atoms with Gasteiger partial charge in [-0.15, -0.1) is 0 Å². The summed E-state index contributed by atoms with van der Waals surface area (Å²) in [6.07, 6.45) is 8.22. The highest BCUT2D eigenvalue weighted by Gasteiger charge is 2.73. The monoisotopic (exact) mass is 372 g/mol. The number of hydrogen-bond donors (Lipinski definition) is 0. The van der Waals surface area contributed by atoms with E-state index in [1.807, 2.05) is 36.4 Å². The minimum Gasteiger partial charge on any atom is -0.496 e. The molecule has 5 nitrogen and oxygen atoms in total. The van der Waals surface area contributed by atoms with E-state index < -0.39 is 0 Å². The highest BCUT2D eigenvalue weighted by atomic mass is 16.5. The normalized spacial score (nSPS) is 31.5. The molecule has 0 radical (unpaired) electrons. The third-order valence-electron chi connectivity index (χ3n) is 7.28. The van der Waals surface area contributed by atoms with Crippen LogP contribution in [0.3, 0.4) is 0 Å². The number of carbonyl (C=O) groups is 2. The van der Waals surface area contributed by atoms with Crippen molar-refractivity contribution in [3.8, 4) is 5.75 Å². The summed E-state index contributed by atoms with van der Waals surface area (Å²) in [6.45, 7) is 0. The van der Waals surface area contributed by atoms with Crippen molar-refractivity contribution in [2.75, 3.05) is 7.11 Å². The molecule has 140 valence electrons. The van der Waals surface area contributed by atoms with Gasteiger partial charge in [-0.1, -0.05) is 42.5 Å². The van der Waals surface area contributed by atoms with E-state index in [1.54, 1.807) is 13.3 Å². The molecular weight excluding hydrogens is 352 g/mol. The topological polar surface area (TPSA) is 59.0 Å². The second-order valence-corrected chi connectivity index (χ2v) is 8.36. The third-order valence-corrected chi connectivity index (χ3v) is 7.28. The van der Waals surface area contributed by atoms with E-state index in [2.05, 4.69) is 17.3 Å². The molecule has 1 spiro atoms. The van der Waals surface area contributed by atoms with E-state index in [1.165, 1.54) is 0 Å². The van der Waals surface area contributed by atoms with Crippen molar-refractivity contribution in [1.82, 2.24) is 5.01 Å². The number of allylic oxidation sites excluding steroid dienone is 2. The van der Waals surface area contributed by atoms with Crippen LogP contribution in [0.1, 0.15) is 18.4 Å². The number of methoxy groups -OCH3 is 1. The quantitative estimate of drug-likeness (QED) is 0.471. The van der Waals surface area contributed by atoms with E-state index in [4.69, 9.17) is 4.74 Å². The number of amides is 2. The second-order valence-electron chi connectivity index (χ2n) is 8.36. The summed E-state index contributed by atoms with van der Waals surface area (Å²) < 4.78 is 5.49. The number of ether oxygens (including phenoxy) is 1. The van der Waals surface area contributed by atoms with Gasteiger partial charge in [0.2, 0.25) is 0 Å². The van der Waals surface area contributed by atoms with Crippen LogP contribution in [-0.2, 0) is 9.59 Å². The molecule has 2 aromatic carbocycles. The summed E-state index contributed by atoms with van der Waals surface area (Å²) >= 11 is 0. The van der Waals surface area contributed by atoms with E-state index in [-0.39, 0.29) is 40.9 Å². The van der Waals surface area contributed by atoms with Crippen molar-refractivity contribution in [2.45, 2.75) is 12.8 Å². The fraction of sp³-hybridized carbons (Fsp3) is 0.348. The van der Waals surface area contributed by atoms with E-state index >= 15 is 0 Å². The number of rotatable bonds is 3. The maximum atomic E-state index is 13.1. The Morgan fingerprint density at radius 3 is 2.36 bits per heavy atom. The predicted octanol–water partition coefficient (Wildman–Crippen LogP) is 3.38. The fourth-order valence-corrected chi connectivity index (χ4v) is 5.88. The lowest BCUT2D eigenvalue weighted by Gasteiger charge is -2.18. The summed E-state index contributed by atoms with van der Waals surface area (Å²) in [5.41, 5.74) is 0.980. The van der Waals surface area contributed by atoms with Crippen LogP contribution >= 0.6 is 0 Å². The van der Waals surface area contributed by atoms with Gasteiger partial charge in [-0.2, -0.15) is 10.1 Å². The average molecular weight is 372 g/mol. The predicted molar refractivity (Wildman–Crippen MR) is 105 cm³/mol. The van der Waals surface area contributed by atoms with Crippen molar-refractivity contribution in [3.63, 3.8) is 0 Å². The number of hydrogen-bond acceptors (Lipinski definition) is 4. The largest absolute Gasteiger partial charge is 0.496 e. The molecule has 3 aliphatic carbocycles. The Hall–Kier alpha value is -2.95. The Morgan fingerprint density at radius 1 is 1.04 bits per heavy atom. The standard InChI is InChI=1S/C23H20N2O3/c1-28-18-9-6-13-4-2-3-5-14(13)15(18)12-24-25-21(26)19-16-7-8-17(20(19)22(25)27)23(16)10-11-23/h2-9,12,16-17,19-20H,10-11H2,1H3/b24-12+. The number of fused-ring (bicyclic) bond motifs is 4. The zero-order chi connectivity index (χ0) is 19.0. The van der Waals surface area contributed by atoms with Crippen LogP contribution in [0.4, 0.5) is 0 Å². The molecule has 2 amide bonds. The maximum Gasteiger partial charge on any atom is 0.254 e. The Kier molecular flexibility index (Phi) is 3.04. The number of nitrogens with zero attached hydrogens (tertiary/aromatic N) is 2. The van der Waals surface area contributed by atoms with Gasteiger partial charge >= 0.3 is 0 Å². The molecule has 6 rings (SSSR count). The lowest BCUT2D eigenvalue weighted by atomic mass is 9.85. The first-order valence-electron chi connectivity index (χ1n) is 9.81. The van der Waals surface area contributed by atoms with E-state index in [0.29, 0.717) is 5.75 Å². The van der Waals surface area contributed by atoms with Crippen LogP contribution < -0.4 is 4.74 Å². The molecule has 2 bridgehead atoms. The zero-order valence-electron chi connectivity index (χ0n) is 15.5. The van der Waals surface area contributed by atoms with Crippen molar-refractivity contribution in [2.24, 2.45) is 34.2 Å². The summed E-state index contributed by atoms with van der Waals surface area (Å²) in [5, 5.41) is 7.50. The Morgan fingerprint density at radius 2 is 1.71 bits per heavy atom. The molecule has 4 atom stereocenters. The molecule has 1 aliphatic heterocycles. The van der Waals surface area contributed by atoms with Crippen molar-refractivity contribution in [3.05, 3.63) is 54.1 Å². The summed E-state index contributed by atoms with van der Waals surface area (Å²) in [4.78, 5) is 26.1. The van der Waals surface area contributed by atoms with Gasteiger partial charge < -0.3 is 4.74 Å². The fourth-order valence-electron chi connectivity index (χ4n) is 5.88. The number of hydrazone groups is 1. The first-order chi connectivity index (χ1) is 13.7. The molecule has 1 heterocycles. The van der Waals surface area contributed by atoms with Gasteiger partial charge in [0.15, 0.2) is 0 Å². The highest BCUT2D eigenvalue weighted by molar-refractivity contribution is 6.08. The van der Waals surface area contributed by atoms with Crippen molar-refractivity contribution < 1.29 is 14.3 Å². The van der Waals surface area contributed by atoms with Gasteiger partial charge in [-0.25, -0.2) is 0 Å². The lowest BCUT2D eigenvalue weighted by molar-refractivity contribution is -0.141. The first kappa shape index (κ1) is 16.0. The van der Waals surface area contributed by atoms with Crippen LogP contribution in [0.5, 0.6) is 5.75 Å². The van der Waals surface area contributed by atoms with Gasteiger partial charge in [-0.05, 0) is 46.9 Å². The van der Waals surface area contributed by atoms with Crippen LogP contribution in [-0.4, -0.2) is 30.1 Å². The van der Waals surface area contributed by atoms with Gasteiger partial charge in [0.1, 0.15) is 5.75 Å². The summed E-state index contributed by atoms with van der Waals surface area (Å²) in [5.74, 6) is 0.355. The number of imide groups is 1. The zero-order valence-corrected chi connectivity index (χ0v) is 15.5. The SMILES string of the molecule is COc1ccc2ccccc2c1/C=N/N1C(=O)C2C(C1=O)C1C=CC2C12CC2. The molecular formula is C23H20N2O3. The molecule has 0 aromatic heterocycles. The van der Waals surface area contributed by atoms with Gasteiger partial charge in [0.25, 0.3) is 11.8 Å². The minimum atomic E-state index is -0.225. The Balaban J connectivity index is 1.37. The van der Waals surface area contributed by atoms with E-state index in [0.717, 1.165) is 34.2 Å². The lowest BCUT2D eigenvalue weighted by Crippen LogP contribution is -2.30. The summed E-state index contributed by atoms with van der Waals surface area (Å²) in [6, 6.07) is 11.8. The average Bonchev–Trinajstić information content (AvgIpc) is 3.32. The third kappa shape index (κ3) is 1.84. The van der Waals surface area contributed by atoms with Crippen molar-refractivity contribution in [1.29, 1.82) is 0 Å². The van der Waals surface area contributed by atoms with Crippen molar-refractivity contribution >= 4 is 28.8 Å².